The van der Waals surface area contributed by atoms with Gasteiger partial charge in [-0.1, -0.05) is 37.3 Å². The quantitative estimate of drug-likeness (QED) is 0.652. The number of carbonyl (C=O) groups excluding carboxylic acids is 2. The largest absolute Gasteiger partial charge is 0.353 e. The molecule has 0 aliphatic heterocycles. The van der Waals surface area contributed by atoms with Crippen LogP contribution in [0.5, 0.6) is 0 Å². The van der Waals surface area contributed by atoms with Crippen molar-refractivity contribution >= 4 is 11.8 Å². The van der Waals surface area contributed by atoms with Crippen LogP contribution in [0.4, 0.5) is 0 Å². The van der Waals surface area contributed by atoms with E-state index in [-0.39, 0.29) is 30.3 Å². The number of nitrogens with zero attached hydrogens (tertiary/aromatic N) is 3. The van der Waals surface area contributed by atoms with E-state index in [4.69, 9.17) is 0 Å². The van der Waals surface area contributed by atoms with Crippen molar-refractivity contribution in [2.75, 3.05) is 6.54 Å². The van der Waals surface area contributed by atoms with Gasteiger partial charge in [0.1, 0.15) is 6.54 Å². The van der Waals surface area contributed by atoms with E-state index >= 15 is 0 Å². The van der Waals surface area contributed by atoms with E-state index in [0.29, 0.717) is 12.6 Å². The predicted octanol–water partition coefficient (Wildman–Crippen LogP) is 3.70. The molecule has 4 rings (SSSR count). The van der Waals surface area contributed by atoms with Gasteiger partial charge in [-0.2, -0.15) is 0 Å². The zero-order valence-corrected chi connectivity index (χ0v) is 17.5. The van der Waals surface area contributed by atoms with E-state index in [1.54, 1.807) is 0 Å². The Morgan fingerprint density at radius 1 is 1.00 bits per heavy atom. The molecule has 1 aromatic carbocycles. The Hall–Kier alpha value is -2.56. The highest BCUT2D eigenvalue weighted by molar-refractivity contribution is 5.89. The lowest BCUT2D eigenvalue weighted by Gasteiger charge is -2.30. The predicted molar refractivity (Wildman–Crippen MR) is 113 cm³/mol. The average Bonchev–Trinajstić information content (AvgIpc) is 3.65. The molecule has 29 heavy (non-hydrogen) atoms. The minimum Gasteiger partial charge on any atom is -0.353 e. The molecule has 1 heterocycles. The molecule has 0 saturated heterocycles. The fourth-order valence-corrected chi connectivity index (χ4v) is 4.09. The lowest BCUT2D eigenvalue weighted by molar-refractivity contribution is -0.142. The summed E-state index contributed by atoms with van der Waals surface area (Å²) in [5, 5.41) is 0. The van der Waals surface area contributed by atoms with Crippen molar-refractivity contribution in [2.45, 2.75) is 63.6 Å². The molecule has 2 aliphatic rings. The van der Waals surface area contributed by atoms with Crippen molar-refractivity contribution in [2.24, 2.45) is 7.05 Å². The molecular weight excluding hydrogens is 362 g/mol. The number of hydrogen-bond acceptors (Lipinski definition) is 2. The standard InChI is InChI=1S/C24H31N3O2/c1-3-22(18-8-5-4-6-9-18)24(29)27(20-13-14-20)17-23(28)26(19-11-12-19)16-21-10-7-15-25(21)2/h4-10,15,19-20,22H,3,11-14,16-17H2,1-2H3. The van der Waals surface area contributed by atoms with Crippen LogP contribution in [0, 0.1) is 0 Å². The summed E-state index contributed by atoms with van der Waals surface area (Å²) < 4.78 is 2.06. The Morgan fingerprint density at radius 2 is 1.66 bits per heavy atom. The first-order valence-corrected chi connectivity index (χ1v) is 10.8. The number of aromatic nitrogens is 1. The molecule has 0 radical (unpaired) electrons. The van der Waals surface area contributed by atoms with E-state index in [9.17, 15) is 9.59 Å². The van der Waals surface area contributed by atoms with Crippen LogP contribution in [-0.2, 0) is 23.2 Å². The van der Waals surface area contributed by atoms with Gasteiger partial charge in [0.25, 0.3) is 0 Å². The second kappa shape index (κ2) is 8.44. The molecule has 2 aromatic rings. The minimum atomic E-state index is -0.174. The van der Waals surface area contributed by atoms with E-state index in [0.717, 1.165) is 43.4 Å². The van der Waals surface area contributed by atoms with Crippen LogP contribution >= 0.6 is 0 Å². The topological polar surface area (TPSA) is 45.6 Å². The molecule has 0 bridgehead atoms. The van der Waals surface area contributed by atoms with E-state index in [1.807, 2.05) is 66.4 Å². The van der Waals surface area contributed by atoms with Gasteiger partial charge in [0.05, 0.1) is 12.5 Å². The lowest BCUT2D eigenvalue weighted by atomic mass is 9.95. The maximum atomic E-state index is 13.4. The van der Waals surface area contributed by atoms with Crippen LogP contribution in [0.1, 0.15) is 56.2 Å². The molecule has 0 N–H and O–H groups in total. The third-order valence-electron chi connectivity index (χ3n) is 6.18. The normalized spacial score (nSPS) is 17.0. The molecule has 2 amide bonds. The smallest absolute Gasteiger partial charge is 0.242 e. The van der Waals surface area contributed by atoms with Crippen molar-refractivity contribution in [3.05, 3.63) is 59.9 Å². The summed E-state index contributed by atoms with van der Waals surface area (Å²) >= 11 is 0. The molecule has 1 aromatic heterocycles. The van der Waals surface area contributed by atoms with Crippen molar-refractivity contribution in [3.8, 4) is 0 Å². The van der Waals surface area contributed by atoms with Crippen LogP contribution in [-0.4, -0.2) is 44.8 Å². The summed E-state index contributed by atoms with van der Waals surface area (Å²) in [6.45, 7) is 2.87. The maximum absolute atomic E-state index is 13.4. The van der Waals surface area contributed by atoms with Crippen molar-refractivity contribution in [3.63, 3.8) is 0 Å². The van der Waals surface area contributed by atoms with E-state index in [1.165, 1.54) is 0 Å². The van der Waals surface area contributed by atoms with Crippen LogP contribution < -0.4 is 0 Å². The number of rotatable bonds is 9. The third kappa shape index (κ3) is 4.55. The number of carbonyl (C=O) groups is 2. The number of hydrogen-bond donors (Lipinski definition) is 0. The lowest BCUT2D eigenvalue weighted by Crippen LogP contribution is -2.46. The molecular formula is C24H31N3O2. The first kappa shape index (κ1) is 19.7. The van der Waals surface area contributed by atoms with Crippen LogP contribution in [0.3, 0.4) is 0 Å². The molecule has 154 valence electrons. The van der Waals surface area contributed by atoms with Gasteiger partial charge in [-0.05, 0) is 49.8 Å². The Kier molecular flexibility index (Phi) is 5.74. The minimum absolute atomic E-state index is 0.0804. The summed E-state index contributed by atoms with van der Waals surface area (Å²) in [6, 6.07) is 14.6. The maximum Gasteiger partial charge on any atom is 0.242 e. The van der Waals surface area contributed by atoms with Gasteiger partial charge in [-0.3, -0.25) is 9.59 Å². The second-order valence-electron chi connectivity index (χ2n) is 8.43. The van der Waals surface area contributed by atoms with Gasteiger partial charge < -0.3 is 14.4 Å². The Bertz CT molecular complexity index is 852. The highest BCUT2D eigenvalue weighted by Crippen LogP contribution is 2.33. The summed E-state index contributed by atoms with van der Waals surface area (Å²) in [6.07, 6.45) is 6.90. The third-order valence-corrected chi connectivity index (χ3v) is 6.18. The van der Waals surface area contributed by atoms with Gasteiger partial charge in [-0.15, -0.1) is 0 Å². The Labute approximate surface area is 173 Å². The fraction of sp³-hybridized carbons (Fsp3) is 0.500. The van der Waals surface area contributed by atoms with Crippen LogP contribution in [0.15, 0.2) is 48.7 Å². The van der Waals surface area contributed by atoms with E-state index < -0.39 is 0 Å². The molecule has 0 spiro atoms. The van der Waals surface area contributed by atoms with Crippen molar-refractivity contribution in [1.29, 1.82) is 0 Å². The summed E-state index contributed by atoms with van der Waals surface area (Å²) in [5.74, 6) is 0.00729. The second-order valence-corrected chi connectivity index (χ2v) is 8.43. The Morgan fingerprint density at radius 3 is 2.21 bits per heavy atom. The number of amides is 2. The number of aryl methyl sites for hydroxylation is 1. The highest BCUT2D eigenvalue weighted by Gasteiger charge is 2.40. The monoisotopic (exact) mass is 393 g/mol. The van der Waals surface area contributed by atoms with E-state index in [2.05, 4.69) is 10.6 Å². The number of benzene rings is 1. The van der Waals surface area contributed by atoms with Gasteiger partial charge in [0.15, 0.2) is 0 Å². The van der Waals surface area contributed by atoms with Crippen LogP contribution in [0.25, 0.3) is 0 Å². The van der Waals surface area contributed by atoms with Gasteiger partial charge in [-0.25, -0.2) is 0 Å². The van der Waals surface area contributed by atoms with Crippen LogP contribution in [0.2, 0.25) is 0 Å². The van der Waals surface area contributed by atoms with Gasteiger partial charge in [0, 0.05) is 31.0 Å². The SMILES string of the molecule is CCC(C(=O)N(CC(=O)N(Cc1cccn1C)C1CC1)C1CC1)c1ccccc1. The molecule has 1 atom stereocenters. The zero-order valence-electron chi connectivity index (χ0n) is 17.5. The molecule has 5 nitrogen and oxygen atoms in total. The van der Waals surface area contributed by atoms with Crippen molar-refractivity contribution in [1.82, 2.24) is 14.4 Å². The first-order valence-electron chi connectivity index (χ1n) is 10.8. The van der Waals surface area contributed by atoms with Crippen molar-refractivity contribution < 1.29 is 9.59 Å². The molecule has 2 aliphatic carbocycles. The average molecular weight is 394 g/mol. The fourth-order valence-electron chi connectivity index (χ4n) is 4.09. The summed E-state index contributed by atoms with van der Waals surface area (Å²) in [4.78, 5) is 30.6. The molecule has 1 unspecified atom stereocenters. The first-order chi connectivity index (χ1) is 14.1. The zero-order chi connectivity index (χ0) is 20.4. The molecule has 5 heteroatoms. The van der Waals surface area contributed by atoms with Gasteiger partial charge >= 0.3 is 0 Å². The van der Waals surface area contributed by atoms with Gasteiger partial charge in [0.2, 0.25) is 11.8 Å². The Balaban J connectivity index is 1.49. The summed E-state index contributed by atoms with van der Waals surface area (Å²) in [7, 11) is 2.01. The molecule has 2 fully saturated rings. The molecule has 2 saturated carbocycles. The summed E-state index contributed by atoms with van der Waals surface area (Å²) in [5.41, 5.74) is 2.17. The highest BCUT2D eigenvalue weighted by atomic mass is 16.2.